The van der Waals surface area contributed by atoms with Crippen molar-refractivity contribution in [1.29, 1.82) is 0 Å². The smallest absolute Gasteiger partial charge is 0.331 e. The Labute approximate surface area is 141 Å². The largest absolute Gasteiger partial charge is 0.395 e. The fourth-order valence-electron chi connectivity index (χ4n) is 2.81. The van der Waals surface area contributed by atoms with E-state index in [2.05, 4.69) is 33.9 Å². The minimum absolute atomic E-state index is 0.354. The maximum atomic E-state index is 6.19. The molecule has 0 heterocycles. The summed E-state index contributed by atoms with van der Waals surface area (Å²) in [5.41, 5.74) is 0. The number of rotatable bonds is 16. The van der Waals surface area contributed by atoms with Gasteiger partial charge in [-0.1, -0.05) is 78.1 Å². The van der Waals surface area contributed by atoms with Crippen LogP contribution in [0.2, 0.25) is 13.1 Å². The van der Waals surface area contributed by atoms with Crippen molar-refractivity contribution in [3.63, 3.8) is 0 Å². The van der Waals surface area contributed by atoms with E-state index in [0.717, 1.165) is 6.61 Å². The molecule has 0 fully saturated rings. The van der Waals surface area contributed by atoms with Gasteiger partial charge >= 0.3 is 8.56 Å². The van der Waals surface area contributed by atoms with Crippen molar-refractivity contribution in [3.05, 3.63) is 0 Å². The van der Waals surface area contributed by atoms with Gasteiger partial charge in [0.1, 0.15) is 0 Å². The van der Waals surface area contributed by atoms with Gasteiger partial charge < -0.3 is 8.85 Å². The molecular formula is C19H42O2Si. The van der Waals surface area contributed by atoms with E-state index in [-0.39, 0.29) is 0 Å². The lowest BCUT2D eigenvalue weighted by atomic mass is 10.1. The molecule has 3 heteroatoms. The molecule has 0 bridgehead atoms. The standard InChI is InChI=1S/C19H42O2Si/c1-6-8-10-12-13-14-16-18-20-22(4,5)21-19(3)17-15-11-9-7-2/h19H,6-18H2,1-5H3. The van der Waals surface area contributed by atoms with Gasteiger partial charge in [0, 0.05) is 12.7 Å². The Morgan fingerprint density at radius 2 is 1.23 bits per heavy atom. The van der Waals surface area contributed by atoms with Gasteiger partial charge in [0.15, 0.2) is 0 Å². The summed E-state index contributed by atoms with van der Waals surface area (Å²) in [5, 5.41) is 0. The molecule has 0 aliphatic carbocycles. The van der Waals surface area contributed by atoms with E-state index in [1.54, 1.807) is 0 Å². The van der Waals surface area contributed by atoms with Gasteiger partial charge in [-0.2, -0.15) is 0 Å². The molecule has 2 nitrogen and oxygen atoms in total. The zero-order chi connectivity index (χ0) is 16.7. The molecule has 0 aromatic heterocycles. The van der Waals surface area contributed by atoms with Crippen LogP contribution < -0.4 is 0 Å². The Hall–Kier alpha value is 0.137. The summed E-state index contributed by atoms with van der Waals surface area (Å²) in [4.78, 5) is 0. The van der Waals surface area contributed by atoms with Crippen LogP contribution >= 0.6 is 0 Å². The summed E-state index contributed by atoms with van der Waals surface area (Å²) in [6.07, 6.45) is 16.2. The molecule has 0 saturated carbocycles. The first kappa shape index (κ1) is 22.1. The molecular weight excluding hydrogens is 288 g/mol. The Morgan fingerprint density at radius 3 is 1.82 bits per heavy atom. The number of unbranched alkanes of at least 4 members (excludes halogenated alkanes) is 9. The molecule has 0 rings (SSSR count). The van der Waals surface area contributed by atoms with E-state index >= 15 is 0 Å². The quantitative estimate of drug-likeness (QED) is 0.228. The van der Waals surface area contributed by atoms with E-state index in [4.69, 9.17) is 8.85 Å². The summed E-state index contributed by atoms with van der Waals surface area (Å²) in [7, 11) is -1.92. The highest BCUT2D eigenvalue weighted by Gasteiger charge is 2.26. The fourth-order valence-corrected chi connectivity index (χ4v) is 4.60. The second kappa shape index (κ2) is 14.7. The number of hydrogen-bond donors (Lipinski definition) is 0. The van der Waals surface area contributed by atoms with Crippen LogP contribution in [-0.2, 0) is 8.85 Å². The Balaban J connectivity index is 3.54. The van der Waals surface area contributed by atoms with Crippen molar-refractivity contribution in [1.82, 2.24) is 0 Å². The molecule has 0 saturated heterocycles. The molecule has 0 aliphatic heterocycles. The summed E-state index contributed by atoms with van der Waals surface area (Å²) in [6.45, 7) is 12.0. The van der Waals surface area contributed by atoms with Gasteiger partial charge in [-0.25, -0.2) is 0 Å². The van der Waals surface area contributed by atoms with Crippen LogP contribution in [0, 0.1) is 0 Å². The van der Waals surface area contributed by atoms with E-state index in [1.807, 2.05) is 0 Å². The monoisotopic (exact) mass is 330 g/mol. The Kier molecular flexibility index (Phi) is 14.8. The molecule has 0 aliphatic rings. The third kappa shape index (κ3) is 15.0. The SMILES string of the molecule is CCCCCCCCCO[Si](C)(C)OC(C)CCCCCC. The zero-order valence-electron chi connectivity index (χ0n) is 16.1. The molecule has 0 amide bonds. The normalized spacial score (nSPS) is 13.5. The van der Waals surface area contributed by atoms with Crippen LogP contribution in [0.3, 0.4) is 0 Å². The van der Waals surface area contributed by atoms with Crippen LogP contribution in [0.25, 0.3) is 0 Å². The zero-order valence-corrected chi connectivity index (χ0v) is 17.1. The topological polar surface area (TPSA) is 18.5 Å². The molecule has 22 heavy (non-hydrogen) atoms. The van der Waals surface area contributed by atoms with Gasteiger partial charge in [0.05, 0.1) is 0 Å². The van der Waals surface area contributed by atoms with Crippen molar-refractivity contribution >= 4 is 8.56 Å². The van der Waals surface area contributed by atoms with Crippen molar-refractivity contribution in [2.75, 3.05) is 6.61 Å². The highest BCUT2D eigenvalue weighted by molar-refractivity contribution is 6.64. The van der Waals surface area contributed by atoms with Crippen LogP contribution in [0.5, 0.6) is 0 Å². The molecule has 0 N–H and O–H groups in total. The van der Waals surface area contributed by atoms with Crippen molar-refractivity contribution in [2.24, 2.45) is 0 Å². The van der Waals surface area contributed by atoms with E-state index in [9.17, 15) is 0 Å². The third-order valence-corrected chi connectivity index (χ3v) is 6.02. The minimum Gasteiger partial charge on any atom is -0.395 e. The summed E-state index contributed by atoms with van der Waals surface area (Å²) < 4.78 is 12.3. The lowest BCUT2D eigenvalue weighted by Crippen LogP contribution is -2.38. The van der Waals surface area contributed by atoms with Gasteiger partial charge in [-0.05, 0) is 32.9 Å². The Morgan fingerprint density at radius 1 is 0.727 bits per heavy atom. The van der Waals surface area contributed by atoms with Crippen LogP contribution in [-0.4, -0.2) is 21.3 Å². The second-order valence-corrected chi connectivity index (χ2v) is 10.5. The van der Waals surface area contributed by atoms with Crippen molar-refractivity contribution < 1.29 is 8.85 Å². The Bertz CT molecular complexity index is 231. The van der Waals surface area contributed by atoms with Crippen LogP contribution in [0.15, 0.2) is 0 Å². The van der Waals surface area contributed by atoms with Crippen molar-refractivity contribution in [2.45, 2.75) is 117 Å². The van der Waals surface area contributed by atoms with Crippen LogP contribution in [0.4, 0.5) is 0 Å². The molecule has 1 unspecified atom stereocenters. The van der Waals surface area contributed by atoms with Crippen molar-refractivity contribution in [3.8, 4) is 0 Å². The first-order valence-electron chi connectivity index (χ1n) is 9.83. The maximum Gasteiger partial charge on any atom is 0.331 e. The number of hydrogen-bond acceptors (Lipinski definition) is 2. The van der Waals surface area contributed by atoms with Gasteiger partial charge in [0.2, 0.25) is 0 Å². The predicted molar refractivity (Wildman–Crippen MR) is 101 cm³/mol. The van der Waals surface area contributed by atoms with E-state index in [0.29, 0.717) is 6.10 Å². The first-order chi connectivity index (χ1) is 10.5. The summed E-state index contributed by atoms with van der Waals surface area (Å²) in [5.74, 6) is 0. The summed E-state index contributed by atoms with van der Waals surface area (Å²) in [6, 6.07) is 0. The highest BCUT2D eigenvalue weighted by Crippen LogP contribution is 2.16. The van der Waals surface area contributed by atoms with Gasteiger partial charge in [0.25, 0.3) is 0 Å². The third-order valence-electron chi connectivity index (χ3n) is 4.15. The van der Waals surface area contributed by atoms with Gasteiger partial charge in [-0.3, -0.25) is 0 Å². The molecule has 0 spiro atoms. The van der Waals surface area contributed by atoms with Gasteiger partial charge in [-0.15, -0.1) is 0 Å². The maximum absolute atomic E-state index is 6.19. The fraction of sp³-hybridized carbons (Fsp3) is 1.00. The molecule has 134 valence electrons. The second-order valence-electron chi connectivity index (χ2n) is 7.15. The lowest BCUT2D eigenvalue weighted by molar-refractivity contribution is 0.122. The molecule has 0 aromatic carbocycles. The summed E-state index contributed by atoms with van der Waals surface area (Å²) >= 11 is 0. The van der Waals surface area contributed by atoms with E-state index in [1.165, 1.54) is 77.0 Å². The molecule has 0 radical (unpaired) electrons. The van der Waals surface area contributed by atoms with E-state index < -0.39 is 8.56 Å². The van der Waals surface area contributed by atoms with Crippen LogP contribution in [0.1, 0.15) is 97.8 Å². The highest BCUT2D eigenvalue weighted by atomic mass is 28.4. The average molecular weight is 331 g/mol. The predicted octanol–water partition coefficient (Wildman–Crippen LogP) is 6.83. The minimum atomic E-state index is -1.92. The molecule has 0 aromatic rings. The average Bonchev–Trinajstić information content (AvgIpc) is 2.46. The lowest BCUT2D eigenvalue weighted by Gasteiger charge is -2.27. The first-order valence-corrected chi connectivity index (χ1v) is 12.6. The molecule has 1 atom stereocenters.